The molecule has 0 saturated heterocycles. The maximum atomic E-state index is 11.2. The average molecular weight is 100 g/mol. The van der Waals surface area contributed by atoms with E-state index in [2.05, 4.69) is 6.92 Å². The van der Waals surface area contributed by atoms with E-state index in [1.54, 1.807) is 0 Å². The maximum Gasteiger partial charge on any atom is 0.0907 e. The van der Waals surface area contributed by atoms with E-state index < -0.39 is 6.67 Å². The molecule has 0 aliphatic rings. The van der Waals surface area contributed by atoms with E-state index in [0.29, 0.717) is 0 Å². The highest BCUT2D eigenvalue weighted by Gasteiger charge is 1.95. The number of hydrogen-bond acceptors (Lipinski definition) is 1. The Morgan fingerprint density at radius 3 is 2.57 bits per heavy atom. The normalized spacial score (nSPS) is 12.7. The zero-order valence-corrected chi connectivity index (χ0v) is 4.02. The first kappa shape index (κ1) is 6.42. The lowest BCUT2D eigenvalue weighted by atomic mass is 10.1. The summed E-state index contributed by atoms with van der Waals surface area (Å²) in [7, 11) is 0. The van der Waals surface area contributed by atoms with Gasteiger partial charge in [0.25, 0.3) is 0 Å². The van der Waals surface area contributed by atoms with Crippen molar-refractivity contribution >= 4 is 0 Å². The minimum atomic E-state index is -0.443. The van der Waals surface area contributed by atoms with Crippen molar-refractivity contribution in [3.8, 4) is 6.07 Å². The molecule has 0 aliphatic heterocycles. The van der Waals surface area contributed by atoms with Crippen LogP contribution in [0, 0.1) is 24.2 Å². The third-order valence-electron chi connectivity index (χ3n) is 0.640. The van der Waals surface area contributed by atoms with Crippen LogP contribution in [0.15, 0.2) is 0 Å². The molecule has 0 aromatic heterocycles. The first-order chi connectivity index (χ1) is 3.31. The molecule has 0 aromatic carbocycles. The lowest BCUT2D eigenvalue weighted by Gasteiger charge is -1.90. The third kappa shape index (κ3) is 3.24. The summed E-state index contributed by atoms with van der Waals surface area (Å²) in [5.74, 6) is -0.370. The van der Waals surface area contributed by atoms with Crippen molar-refractivity contribution in [3.63, 3.8) is 0 Å². The van der Waals surface area contributed by atoms with Gasteiger partial charge in [0.05, 0.1) is 12.7 Å². The van der Waals surface area contributed by atoms with E-state index >= 15 is 0 Å². The predicted molar refractivity (Wildman–Crippen MR) is 25.1 cm³/mol. The Hall–Kier alpha value is -0.580. The molecule has 0 saturated carbocycles. The van der Waals surface area contributed by atoms with Crippen LogP contribution in [-0.4, -0.2) is 6.67 Å². The third-order valence-corrected chi connectivity index (χ3v) is 0.640. The van der Waals surface area contributed by atoms with Gasteiger partial charge >= 0.3 is 0 Å². The van der Waals surface area contributed by atoms with Gasteiger partial charge in [0, 0.05) is 5.92 Å². The number of alkyl halides is 1. The first-order valence-electron chi connectivity index (χ1n) is 2.10. The zero-order chi connectivity index (χ0) is 5.70. The summed E-state index contributed by atoms with van der Waals surface area (Å²) in [6.45, 7) is 2.90. The predicted octanol–water partition coefficient (Wildman–Crippen LogP) is 1.32. The van der Waals surface area contributed by atoms with Gasteiger partial charge in [-0.2, -0.15) is 5.26 Å². The van der Waals surface area contributed by atoms with E-state index in [1.807, 2.05) is 6.07 Å². The van der Waals surface area contributed by atoms with Gasteiger partial charge in [0.1, 0.15) is 0 Å². The molecule has 39 valence electrons. The molecule has 0 fully saturated rings. The van der Waals surface area contributed by atoms with Crippen LogP contribution in [0.2, 0.25) is 0 Å². The Labute approximate surface area is 42.8 Å². The largest absolute Gasteiger partial charge is 0.251 e. The minimum absolute atomic E-state index is 0.260. The molecule has 1 unspecified atom stereocenters. The van der Waals surface area contributed by atoms with E-state index in [0.717, 1.165) is 0 Å². The summed E-state index contributed by atoms with van der Waals surface area (Å²) in [6, 6.07) is 1.81. The van der Waals surface area contributed by atoms with Crippen molar-refractivity contribution in [2.24, 2.45) is 5.92 Å². The van der Waals surface area contributed by atoms with Crippen LogP contribution in [0.5, 0.6) is 0 Å². The molecule has 0 rings (SSSR count). The molecule has 1 atom stereocenters. The number of nitriles is 1. The van der Waals surface area contributed by atoms with Crippen LogP contribution in [0.1, 0.15) is 6.42 Å². The SMILES string of the molecule is [CH2]C(C#N)CCF. The smallest absolute Gasteiger partial charge is 0.0907 e. The van der Waals surface area contributed by atoms with Crippen LogP contribution in [0.4, 0.5) is 4.39 Å². The van der Waals surface area contributed by atoms with E-state index in [-0.39, 0.29) is 12.3 Å². The number of nitrogens with zero attached hydrogens (tertiary/aromatic N) is 1. The van der Waals surface area contributed by atoms with Gasteiger partial charge in [0.15, 0.2) is 0 Å². The Kier molecular flexibility index (Phi) is 3.31. The molecule has 2 heteroatoms. The molecular weight excluding hydrogens is 93.1 g/mol. The second-order valence-corrected chi connectivity index (χ2v) is 1.30. The quantitative estimate of drug-likeness (QED) is 0.513. The monoisotopic (exact) mass is 100 g/mol. The van der Waals surface area contributed by atoms with Crippen molar-refractivity contribution in [1.82, 2.24) is 0 Å². The molecule has 0 aromatic rings. The van der Waals surface area contributed by atoms with Crippen molar-refractivity contribution in [2.45, 2.75) is 6.42 Å². The summed E-state index contributed by atoms with van der Waals surface area (Å²) in [5.41, 5.74) is 0. The van der Waals surface area contributed by atoms with Crippen molar-refractivity contribution < 1.29 is 4.39 Å². The van der Waals surface area contributed by atoms with Crippen LogP contribution < -0.4 is 0 Å². The molecular formula is C5H7FN. The molecule has 0 aliphatic carbocycles. The lowest BCUT2D eigenvalue weighted by molar-refractivity contribution is 0.452. The molecule has 1 radical (unpaired) electrons. The molecule has 1 nitrogen and oxygen atoms in total. The lowest BCUT2D eigenvalue weighted by Crippen LogP contribution is -1.89. The van der Waals surface area contributed by atoms with Crippen LogP contribution in [0.3, 0.4) is 0 Å². The summed E-state index contributed by atoms with van der Waals surface area (Å²) >= 11 is 0. The van der Waals surface area contributed by atoms with Gasteiger partial charge in [0.2, 0.25) is 0 Å². The Bertz CT molecular complexity index is 74.6. The Morgan fingerprint density at radius 1 is 1.86 bits per heavy atom. The number of halogens is 1. The van der Waals surface area contributed by atoms with Crippen LogP contribution >= 0.6 is 0 Å². The summed E-state index contributed by atoms with van der Waals surface area (Å²) < 4.78 is 11.2. The molecule has 0 heterocycles. The van der Waals surface area contributed by atoms with Gasteiger partial charge in [-0.25, -0.2) is 0 Å². The maximum absolute atomic E-state index is 11.2. The Morgan fingerprint density at radius 2 is 2.43 bits per heavy atom. The van der Waals surface area contributed by atoms with Crippen molar-refractivity contribution in [3.05, 3.63) is 6.92 Å². The standard InChI is InChI=1S/C5H7FN/c1-5(4-7)2-3-6/h5H,1-3H2. The highest BCUT2D eigenvalue weighted by Crippen LogP contribution is 1.96. The van der Waals surface area contributed by atoms with Crippen molar-refractivity contribution in [1.29, 1.82) is 5.26 Å². The first-order valence-corrected chi connectivity index (χ1v) is 2.10. The fourth-order valence-corrected chi connectivity index (χ4v) is 0.196. The Balaban J connectivity index is 3.04. The van der Waals surface area contributed by atoms with Gasteiger partial charge in [-0.15, -0.1) is 0 Å². The van der Waals surface area contributed by atoms with Crippen LogP contribution in [0.25, 0.3) is 0 Å². The second-order valence-electron chi connectivity index (χ2n) is 1.30. The summed E-state index contributed by atoms with van der Waals surface area (Å²) in [5, 5.41) is 7.99. The molecule has 0 amide bonds. The summed E-state index contributed by atoms with van der Waals surface area (Å²) in [4.78, 5) is 0. The highest BCUT2D eigenvalue weighted by molar-refractivity contribution is 4.83. The van der Waals surface area contributed by atoms with Gasteiger partial charge in [-0.3, -0.25) is 4.39 Å². The fraction of sp³-hybridized carbons (Fsp3) is 0.600. The average Bonchev–Trinajstić information content (AvgIpc) is 1.68. The van der Waals surface area contributed by atoms with Crippen LogP contribution in [-0.2, 0) is 0 Å². The van der Waals surface area contributed by atoms with Gasteiger partial charge in [-0.05, 0) is 13.3 Å². The fourth-order valence-electron chi connectivity index (χ4n) is 0.196. The van der Waals surface area contributed by atoms with Crippen molar-refractivity contribution in [2.75, 3.05) is 6.67 Å². The molecule has 0 spiro atoms. The van der Waals surface area contributed by atoms with Gasteiger partial charge in [-0.1, -0.05) is 0 Å². The number of rotatable bonds is 2. The molecule has 0 bridgehead atoms. The second kappa shape index (κ2) is 3.60. The summed E-state index contributed by atoms with van der Waals surface area (Å²) in [6.07, 6.45) is 0.260. The van der Waals surface area contributed by atoms with Gasteiger partial charge < -0.3 is 0 Å². The number of hydrogen-bond donors (Lipinski definition) is 0. The van der Waals surface area contributed by atoms with E-state index in [9.17, 15) is 4.39 Å². The topological polar surface area (TPSA) is 23.8 Å². The van der Waals surface area contributed by atoms with E-state index in [1.165, 1.54) is 0 Å². The highest BCUT2D eigenvalue weighted by atomic mass is 19.1. The minimum Gasteiger partial charge on any atom is -0.251 e. The zero-order valence-electron chi connectivity index (χ0n) is 4.02. The molecule has 7 heavy (non-hydrogen) atoms. The molecule has 0 N–H and O–H groups in total. The van der Waals surface area contributed by atoms with E-state index in [4.69, 9.17) is 5.26 Å².